The Morgan fingerprint density at radius 2 is 0.516 bits per heavy atom. The van der Waals surface area contributed by atoms with Crippen LogP contribution in [0.25, 0.3) is 0 Å². The third-order valence-electron chi connectivity index (χ3n) is 17.4. The summed E-state index contributed by atoms with van der Waals surface area (Å²) >= 11 is 0. The molecule has 0 aromatic heterocycles. The predicted molar refractivity (Wildman–Crippen MR) is 377 cm³/mol. The van der Waals surface area contributed by atoms with Crippen LogP contribution in [0, 0.1) is 23.7 Å². The minimum absolute atomic E-state index is 0.104. The number of ether oxygens (including phenoxy) is 4. The third-order valence-corrected chi connectivity index (χ3v) is 19.3. The van der Waals surface area contributed by atoms with Gasteiger partial charge in [0.15, 0.2) is 12.2 Å². The zero-order chi connectivity index (χ0) is 68.9. The molecule has 0 aliphatic heterocycles. The summed E-state index contributed by atoms with van der Waals surface area (Å²) in [4.78, 5) is 72.7. The van der Waals surface area contributed by atoms with E-state index in [1.807, 2.05) is 0 Å². The second-order valence-corrected chi connectivity index (χ2v) is 31.3. The number of aliphatic hydroxyl groups is 1. The first-order valence-corrected chi connectivity index (χ1v) is 41.2. The van der Waals surface area contributed by atoms with Gasteiger partial charge in [-0.2, -0.15) is 0 Å². The molecule has 19 heteroatoms. The molecule has 0 amide bonds. The van der Waals surface area contributed by atoms with Crippen molar-refractivity contribution in [3.05, 3.63) is 0 Å². The number of carbonyl (C=O) groups is 4. The standard InChI is InChI=1S/C74H144O17P2/c1-9-67(8)53-45-37-32-33-39-47-55-72(77)85-61-70(91-74(79)57-49-41-31-25-19-22-28-36-44-52-66(6)7)63-89-93(82,83)87-59-68(75)58-86-92(80,81)88-62-69(60-84-71(76)54-46-38-29-23-17-14-13-16-21-27-35-43-51-65(4)5)90-73(78)56-48-40-30-24-18-12-10-11-15-20-26-34-42-50-64(2)3/h64-70,75H,9-63H2,1-8H3,(H,80,81)(H,82,83)/t67?,68-,69-,70-/m1/s1. The topological polar surface area (TPSA) is 237 Å². The van der Waals surface area contributed by atoms with E-state index in [-0.39, 0.29) is 25.7 Å². The van der Waals surface area contributed by atoms with E-state index in [1.165, 1.54) is 167 Å². The van der Waals surface area contributed by atoms with Crippen LogP contribution in [0.15, 0.2) is 0 Å². The maximum atomic E-state index is 13.1. The van der Waals surface area contributed by atoms with Gasteiger partial charge < -0.3 is 33.8 Å². The average Bonchev–Trinajstić information content (AvgIpc) is 3.67. The highest BCUT2D eigenvalue weighted by molar-refractivity contribution is 7.47. The molecule has 0 aliphatic rings. The van der Waals surface area contributed by atoms with Crippen LogP contribution in [-0.4, -0.2) is 96.7 Å². The van der Waals surface area contributed by atoms with E-state index in [0.717, 1.165) is 120 Å². The van der Waals surface area contributed by atoms with Crippen molar-refractivity contribution in [1.29, 1.82) is 0 Å². The van der Waals surface area contributed by atoms with Gasteiger partial charge in [-0.05, 0) is 49.4 Å². The highest BCUT2D eigenvalue weighted by atomic mass is 31.2. The molecule has 0 aromatic rings. The van der Waals surface area contributed by atoms with Gasteiger partial charge in [-0.3, -0.25) is 37.3 Å². The molecule has 0 rings (SSSR count). The minimum atomic E-state index is -4.96. The van der Waals surface area contributed by atoms with Crippen LogP contribution in [0.2, 0.25) is 0 Å². The van der Waals surface area contributed by atoms with Crippen LogP contribution in [0.1, 0.15) is 370 Å². The van der Waals surface area contributed by atoms with E-state index < -0.39 is 97.5 Å². The van der Waals surface area contributed by atoms with Crippen molar-refractivity contribution >= 4 is 39.5 Å². The van der Waals surface area contributed by atoms with Gasteiger partial charge in [0.25, 0.3) is 0 Å². The summed E-state index contributed by atoms with van der Waals surface area (Å²) in [6.45, 7) is 14.2. The summed E-state index contributed by atoms with van der Waals surface area (Å²) in [6, 6.07) is 0. The normalized spacial score (nSPS) is 14.5. The minimum Gasteiger partial charge on any atom is -0.462 e. The van der Waals surface area contributed by atoms with E-state index in [0.29, 0.717) is 25.7 Å². The lowest BCUT2D eigenvalue weighted by Gasteiger charge is -2.21. The van der Waals surface area contributed by atoms with Crippen molar-refractivity contribution in [3.63, 3.8) is 0 Å². The average molecular weight is 1370 g/mol. The largest absolute Gasteiger partial charge is 0.472 e. The molecule has 0 heterocycles. The summed E-state index contributed by atoms with van der Waals surface area (Å²) in [5, 5.41) is 10.6. The number of aliphatic hydroxyl groups excluding tert-OH is 1. The Morgan fingerprint density at radius 3 is 0.763 bits per heavy atom. The van der Waals surface area contributed by atoms with Gasteiger partial charge in [-0.15, -0.1) is 0 Å². The van der Waals surface area contributed by atoms with Crippen molar-refractivity contribution in [2.45, 2.75) is 388 Å². The van der Waals surface area contributed by atoms with Crippen LogP contribution in [-0.2, 0) is 65.4 Å². The van der Waals surface area contributed by atoms with E-state index in [1.54, 1.807) is 0 Å². The predicted octanol–water partition coefficient (Wildman–Crippen LogP) is 21.3. The molecule has 0 saturated carbocycles. The summed E-state index contributed by atoms with van der Waals surface area (Å²) in [7, 11) is -9.91. The lowest BCUT2D eigenvalue weighted by atomic mass is 10.00. The monoisotopic (exact) mass is 1370 g/mol. The molecule has 0 radical (unpaired) electrons. The van der Waals surface area contributed by atoms with E-state index >= 15 is 0 Å². The summed E-state index contributed by atoms with van der Waals surface area (Å²) in [5.41, 5.74) is 0. The maximum Gasteiger partial charge on any atom is 0.472 e. The van der Waals surface area contributed by atoms with Gasteiger partial charge in [0, 0.05) is 25.7 Å². The third kappa shape index (κ3) is 67.0. The van der Waals surface area contributed by atoms with E-state index in [4.69, 9.17) is 37.0 Å². The molecule has 93 heavy (non-hydrogen) atoms. The molecular weight excluding hydrogens is 1220 g/mol. The first-order valence-electron chi connectivity index (χ1n) is 38.2. The second-order valence-electron chi connectivity index (χ2n) is 28.4. The van der Waals surface area contributed by atoms with Crippen LogP contribution in [0.3, 0.4) is 0 Å². The lowest BCUT2D eigenvalue weighted by molar-refractivity contribution is -0.161. The Hall–Kier alpha value is -1.94. The van der Waals surface area contributed by atoms with Gasteiger partial charge in [0.05, 0.1) is 26.4 Å². The first-order chi connectivity index (χ1) is 44.6. The molecular formula is C74H144O17P2. The molecule has 0 spiro atoms. The number of carbonyl (C=O) groups excluding carboxylic acids is 4. The molecule has 3 N–H and O–H groups in total. The fraction of sp³-hybridized carbons (Fsp3) is 0.946. The van der Waals surface area contributed by atoms with Crippen molar-refractivity contribution in [2.75, 3.05) is 39.6 Å². The molecule has 0 fully saturated rings. The quantitative estimate of drug-likeness (QED) is 0.0222. The van der Waals surface area contributed by atoms with E-state index in [9.17, 15) is 43.2 Å². The van der Waals surface area contributed by atoms with Crippen LogP contribution in [0.5, 0.6) is 0 Å². The van der Waals surface area contributed by atoms with Gasteiger partial charge in [0.1, 0.15) is 19.3 Å². The van der Waals surface area contributed by atoms with Crippen molar-refractivity contribution in [2.24, 2.45) is 23.7 Å². The van der Waals surface area contributed by atoms with Crippen LogP contribution in [0.4, 0.5) is 0 Å². The molecule has 17 nitrogen and oxygen atoms in total. The smallest absolute Gasteiger partial charge is 0.462 e. The fourth-order valence-electron chi connectivity index (χ4n) is 11.2. The molecule has 0 aliphatic carbocycles. The molecule has 552 valence electrons. The van der Waals surface area contributed by atoms with Crippen molar-refractivity contribution in [1.82, 2.24) is 0 Å². The fourth-order valence-corrected chi connectivity index (χ4v) is 12.7. The van der Waals surface area contributed by atoms with Gasteiger partial charge in [-0.1, -0.05) is 319 Å². The summed E-state index contributed by atoms with van der Waals surface area (Å²) in [5.74, 6) is 0.911. The molecule has 0 saturated heterocycles. The Morgan fingerprint density at radius 1 is 0.301 bits per heavy atom. The Kier molecular flexibility index (Phi) is 62.2. The maximum absolute atomic E-state index is 13.1. The summed E-state index contributed by atoms with van der Waals surface area (Å²) < 4.78 is 68.4. The molecule has 6 atom stereocenters. The van der Waals surface area contributed by atoms with E-state index in [2.05, 4.69) is 55.4 Å². The molecule has 0 bridgehead atoms. The Labute approximate surface area is 568 Å². The first kappa shape index (κ1) is 91.1. The second kappa shape index (κ2) is 63.5. The number of hydrogen-bond donors (Lipinski definition) is 3. The number of unbranched alkanes of at least 4 members (excludes halogenated alkanes) is 36. The number of phosphoric ester groups is 2. The molecule has 3 unspecified atom stereocenters. The zero-order valence-electron chi connectivity index (χ0n) is 60.9. The summed E-state index contributed by atoms with van der Waals surface area (Å²) in [6.07, 6.45) is 47.2. The Balaban J connectivity index is 5.26. The van der Waals surface area contributed by atoms with Gasteiger partial charge in [-0.25, -0.2) is 9.13 Å². The highest BCUT2D eigenvalue weighted by Crippen LogP contribution is 2.45. The van der Waals surface area contributed by atoms with Crippen LogP contribution < -0.4 is 0 Å². The number of esters is 4. The number of rotatable bonds is 71. The lowest BCUT2D eigenvalue weighted by Crippen LogP contribution is -2.30. The Bertz CT molecular complexity index is 1840. The van der Waals surface area contributed by atoms with Crippen LogP contribution >= 0.6 is 15.6 Å². The highest BCUT2D eigenvalue weighted by Gasteiger charge is 2.30. The molecule has 0 aromatic carbocycles. The zero-order valence-corrected chi connectivity index (χ0v) is 62.7. The number of phosphoric acid groups is 2. The van der Waals surface area contributed by atoms with Crippen molar-refractivity contribution in [3.8, 4) is 0 Å². The van der Waals surface area contributed by atoms with Crippen molar-refractivity contribution < 1.29 is 80.2 Å². The van der Waals surface area contributed by atoms with Gasteiger partial charge >= 0.3 is 39.5 Å². The van der Waals surface area contributed by atoms with Gasteiger partial charge in [0.2, 0.25) is 0 Å². The SMILES string of the molecule is CCC(C)CCCCCCCCC(=O)OC[C@H](COP(=O)(O)OC[C@H](O)COP(=O)(O)OC[C@@H](COC(=O)CCCCCCCCCCCCCCC(C)C)OC(=O)CCCCCCCCCCCCCCCC(C)C)OC(=O)CCCCCCCCCCCC(C)C. The number of hydrogen-bond acceptors (Lipinski definition) is 15.